The van der Waals surface area contributed by atoms with Crippen LogP contribution in [0, 0.1) is 6.92 Å². The quantitative estimate of drug-likeness (QED) is 0.585. The molecule has 29 heavy (non-hydrogen) atoms. The zero-order valence-electron chi connectivity index (χ0n) is 17.3. The molecule has 0 aliphatic rings. The summed E-state index contributed by atoms with van der Waals surface area (Å²) in [7, 11) is 0. The van der Waals surface area contributed by atoms with Crippen molar-refractivity contribution in [2.75, 3.05) is 12.3 Å². The maximum Gasteiger partial charge on any atom is 0.242 e. The number of nitrogens with zero attached hydrogens (tertiary/aromatic N) is 1. The molecule has 0 saturated carbocycles. The topological polar surface area (TPSA) is 49.4 Å². The van der Waals surface area contributed by atoms with Gasteiger partial charge in [-0.15, -0.1) is 11.8 Å². The normalized spacial score (nSPS) is 11.7. The van der Waals surface area contributed by atoms with Gasteiger partial charge in [0.05, 0.1) is 5.75 Å². The van der Waals surface area contributed by atoms with E-state index >= 15 is 0 Å². The number of amides is 2. The van der Waals surface area contributed by atoms with E-state index in [1.807, 2.05) is 26.0 Å². The van der Waals surface area contributed by atoms with Crippen LogP contribution in [0.4, 0.5) is 0 Å². The molecule has 1 unspecified atom stereocenters. The lowest BCUT2D eigenvalue weighted by Gasteiger charge is -2.30. The molecule has 2 rings (SSSR count). The van der Waals surface area contributed by atoms with Gasteiger partial charge in [-0.25, -0.2) is 0 Å². The van der Waals surface area contributed by atoms with Crippen molar-refractivity contribution in [2.45, 2.75) is 45.5 Å². The predicted octanol–water partition coefficient (Wildman–Crippen LogP) is 4.83. The minimum Gasteiger partial charge on any atom is -0.355 e. The summed E-state index contributed by atoms with van der Waals surface area (Å²) >= 11 is 7.55. The van der Waals surface area contributed by atoms with Crippen LogP contribution in [-0.4, -0.2) is 35.1 Å². The van der Waals surface area contributed by atoms with Gasteiger partial charge < -0.3 is 10.2 Å². The Labute approximate surface area is 183 Å². The van der Waals surface area contributed by atoms with E-state index in [4.69, 9.17) is 11.6 Å². The van der Waals surface area contributed by atoms with E-state index in [1.54, 1.807) is 28.8 Å². The standard InChI is InChI=1S/C23H29ClN2O2S/c1-4-21(23(28)25-5-2)26(14-18-10-12-20(24)13-11-18)22(27)16-29-15-19-8-6-17(3)7-9-19/h6-13,21H,4-5,14-16H2,1-3H3,(H,25,28). The average Bonchev–Trinajstić information content (AvgIpc) is 2.71. The number of carbonyl (C=O) groups excluding carboxylic acids is 2. The van der Waals surface area contributed by atoms with Crippen molar-refractivity contribution in [2.24, 2.45) is 0 Å². The highest BCUT2D eigenvalue weighted by molar-refractivity contribution is 7.99. The number of aryl methyl sites for hydroxylation is 1. The van der Waals surface area contributed by atoms with Crippen LogP contribution in [0.3, 0.4) is 0 Å². The third-order valence-corrected chi connectivity index (χ3v) is 5.86. The number of likely N-dealkylation sites (N-methyl/N-ethyl adjacent to an activating group) is 1. The van der Waals surface area contributed by atoms with Gasteiger partial charge in [0.1, 0.15) is 6.04 Å². The molecule has 0 spiro atoms. The van der Waals surface area contributed by atoms with Gasteiger partial charge in [0.2, 0.25) is 11.8 Å². The molecule has 0 aliphatic carbocycles. The first kappa shape index (κ1) is 23.3. The van der Waals surface area contributed by atoms with Crippen LogP contribution in [-0.2, 0) is 21.9 Å². The van der Waals surface area contributed by atoms with Gasteiger partial charge in [0, 0.05) is 23.9 Å². The number of thioether (sulfide) groups is 1. The number of halogens is 1. The Morgan fingerprint density at radius 1 is 1.03 bits per heavy atom. The highest BCUT2D eigenvalue weighted by atomic mass is 35.5. The van der Waals surface area contributed by atoms with Crippen molar-refractivity contribution >= 4 is 35.2 Å². The van der Waals surface area contributed by atoms with E-state index in [0.29, 0.717) is 30.3 Å². The van der Waals surface area contributed by atoms with Crippen LogP contribution in [0.5, 0.6) is 0 Å². The third-order valence-electron chi connectivity index (χ3n) is 4.62. The Morgan fingerprint density at radius 3 is 2.24 bits per heavy atom. The molecule has 2 amide bonds. The van der Waals surface area contributed by atoms with Crippen LogP contribution >= 0.6 is 23.4 Å². The number of nitrogens with one attached hydrogen (secondary N) is 1. The molecule has 0 aliphatic heterocycles. The lowest BCUT2D eigenvalue weighted by Crippen LogP contribution is -2.49. The van der Waals surface area contributed by atoms with Crippen molar-refractivity contribution < 1.29 is 9.59 Å². The van der Waals surface area contributed by atoms with Crippen LogP contribution in [0.25, 0.3) is 0 Å². The summed E-state index contributed by atoms with van der Waals surface area (Å²) in [6.45, 7) is 6.80. The van der Waals surface area contributed by atoms with Crippen molar-refractivity contribution in [3.8, 4) is 0 Å². The lowest BCUT2D eigenvalue weighted by atomic mass is 10.1. The number of carbonyl (C=O) groups is 2. The maximum absolute atomic E-state index is 13.1. The first-order valence-electron chi connectivity index (χ1n) is 9.89. The Kier molecular flexibility index (Phi) is 9.55. The molecule has 0 saturated heterocycles. The highest BCUT2D eigenvalue weighted by Crippen LogP contribution is 2.18. The second-order valence-electron chi connectivity index (χ2n) is 6.95. The van der Waals surface area contributed by atoms with E-state index < -0.39 is 6.04 Å². The van der Waals surface area contributed by atoms with Crippen LogP contribution in [0.15, 0.2) is 48.5 Å². The smallest absolute Gasteiger partial charge is 0.242 e. The van der Waals surface area contributed by atoms with Crippen LogP contribution in [0.2, 0.25) is 5.02 Å². The monoisotopic (exact) mass is 432 g/mol. The first-order chi connectivity index (χ1) is 13.9. The first-order valence-corrected chi connectivity index (χ1v) is 11.4. The van der Waals surface area contributed by atoms with Gasteiger partial charge in [-0.1, -0.05) is 60.5 Å². The molecule has 1 N–H and O–H groups in total. The Bertz CT molecular complexity index is 794. The summed E-state index contributed by atoms with van der Waals surface area (Å²) < 4.78 is 0. The summed E-state index contributed by atoms with van der Waals surface area (Å²) in [6, 6.07) is 15.2. The molecule has 0 fully saturated rings. The van der Waals surface area contributed by atoms with E-state index in [2.05, 4.69) is 36.5 Å². The average molecular weight is 433 g/mol. The van der Waals surface area contributed by atoms with E-state index in [-0.39, 0.29) is 11.8 Å². The molecular formula is C23H29ClN2O2S. The molecule has 0 heterocycles. The Balaban J connectivity index is 2.08. The molecule has 0 aromatic heterocycles. The lowest BCUT2D eigenvalue weighted by molar-refractivity contribution is -0.139. The van der Waals surface area contributed by atoms with Crippen LogP contribution < -0.4 is 5.32 Å². The van der Waals surface area contributed by atoms with E-state index in [1.165, 1.54) is 11.1 Å². The molecule has 6 heteroatoms. The molecule has 4 nitrogen and oxygen atoms in total. The van der Waals surface area contributed by atoms with Crippen molar-refractivity contribution in [1.29, 1.82) is 0 Å². The summed E-state index contributed by atoms with van der Waals surface area (Å²) in [5.41, 5.74) is 3.36. The largest absolute Gasteiger partial charge is 0.355 e. The van der Waals surface area contributed by atoms with Gasteiger partial charge in [-0.2, -0.15) is 0 Å². The fourth-order valence-corrected chi connectivity index (χ4v) is 4.02. The van der Waals surface area contributed by atoms with Gasteiger partial charge in [0.15, 0.2) is 0 Å². The second kappa shape index (κ2) is 11.9. The highest BCUT2D eigenvalue weighted by Gasteiger charge is 2.28. The van der Waals surface area contributed by atoms with Crippen molar-refractivity contribution in [3.05, 3.63) is 70.2 Å². The number of hydrogen-bond acceptors (Lipinski definition) is 3. The number of hydrogen-bond donors (Lipinski definition) is 1. The molecule has 2 aromatic carbocycles. The molecule has 156 valence electrons. The summed E-state index contributed by atoms with van der Waals surface area (Å²) in [6.07, 6.45) is 0.563. The fourth-order valence-electron chi connectivity index (χ4n) is 3.02. The molecule has 0 radical (unpaired) electrons. The molecule has 2 aromatic rings. The molecular weight excluding hydrogens is 404 g/mol. The zero-order valence-corrected chi connectivity index (χ0v) is 18.9. The number of benzene rings is 2. The Hall–Kier alpha value is -1.98. The minimum atomic E-state index is -0.488. The summed E-state index contributed by atoms with van der Waals surface area (Å²) in [5.74, 6) is 0.951. The predicted molar refractivity (Wildman–Crippen MR) is 122 cm³/mol. The minimum absolute atomic E-state index is 0.0323. The molecule has 1 atom stereocenters. The second-order valence-corrected chi connectivity index (χ2v) is 8.37. The van der Waals surface area contributed by atoms with Crippen molar-refractivity contribution in [3.63, 3.8) is 0 Å². The van der Waals surface area contributed by atoms with E-state index in [0.717, 1.165) is 11.3 Å². The fraction of sp³-hybridized carbons (Fsp3) is 0.391. The Morgan fingerprint density at radius 2 is 1.66 bits per heavy atom. The van der Waals surface area contributed by atoms with Crippen LogP contribution in [0.1, 0.15) is 37.0 Å². The SMILES string of the molecule is CCNC(=O)C(CC)N(Cc1ccc(Cl)cc1)C(=O)CSCc1ccc(C)cc1. The van der Waals surface area contributed by atoms with E-state index in [9.17, 15) is 9.59 Å². The molecule has 0 bridgehead atoms. The zero-order chi connectivity index (χ0) is 21.2. The van der Waals surface area contributed by atoms with Gasteiger partial charge in [-0.3, -0.25) is 9.59 Å². The maximum atomic E-state index is 13.1. The summed E-state index contributed by atoms with van der Waals surface area (Å²) in [5, 5.41) is 3.50. The van der Waals surface area contributed by atoms with Gasteiger partial charge >= 0.3 is 0 Å². The van der Waals surface area contributed by atoms with Crippen molar-refractivity contribution in [1.82, 2.24) is 10.2 Å². The number of rotatable bonds is 10. The summed E-state index contributed by atoms with van der Waals surface area (Å²) in [4.78, 5) is 27.3. The van der Waals surface area contributed by atoms with Gasteiger partial charge in [-0.05, 0) is 43.5 Å². The van der Waals surface area contributed by atoms with Gasteiger partial charge in [0.25, 0.3) is 0 Å². The third kappa shape index (κ3) is 7.41.